The first-order chi connectivity index (χ1) is 9.18. The quantitative estimate of drug-likeness (QED) is 0.245. The third-order valence-electron chi connectivity index (χ3n) is 1.53. The molecule has 8 heteroatoms. The molecule has 0 unspecified atom stereocenters. The van der Waals surface area contributed by atoms with Crippen molar-refractivity contribution >= 4 is 20.2 Å². The summed E-state index contributed by atoms with van der Waals surface area (Å²) in [5.74, 6) is 6.99. The van der Waals surface area contributed by atoms with Gasteiger partial charge in [-0.05, 0) is 13.3 Å². The molecule has 0 rings (SSSR count). The van der Waals surface area contributed by atoms with Gasteiger partial charge in [0.2, 0.25) is 0 Å². The molecule has 0 spiro atoms. The van der Waals surface area contributed by atoms with Crippen LogP contribution in [0.4, 0.5) is 0 Å². The molecule has 0 radical (unpaired) electrons. The summed E-state index contributed by atoms with van der Waals surface area (Å²) in [6.45, 7) is 4.65. The number of hydrogen-bond acceptors (Lipinski definition) is 5. The van der Waals surface area contributed by atoms with Crippen LogP contribution in [0.25, 0.3) is 0 Å². The second-order valence-electron chi connectivity index (χ2n) is 3.30. The standard InChI is InChI=1S/C9H12O3S.C3H6O3S/c1-3-5-7-9-13(10,11)12-8-6-4-2;1-2-3-7(4,5)6/h1H,5,7-9H2,2H3;2H,1,3H2,(H,4,5,6). The molecule has 0 aliphatic carbocycles. The predicted octanol–water partition coefficient (Wildman–Crippen LogP) is 0.830. The van der Waals surface area contributed by atoms with Gasteiger partial charge in [0.15, 0.2) is 0 Å². The van der Waals surface area contributed by atoms with Crippen LogP contribution in [0, 0.1) is 24.2 Å². The molecule has 0 aromatic heterocycles. The van der Waals surface area contributed by atoms with Crippen LogP contribution < -0.4 is 0 Å². The molecule has 0 aromatic rings. The number of hydrogen-bond donors (Lipinski definition) is 1. The van der Waals surface area contributed by atoms with Crippen molar-refractivity contribution in [2.45, 2.75) is 19.8 Å². The van der Waals surface area contributed by atoms with Gasteiger partial charge in [0.1, 0.15) is 6.61 Å². The van der Waals surface area contributed by atoms with Crippen LogP contribution >= 0.6 is 0 Å². The van der Waals surface area contributed by atoms with Gasteiger partial charge in [-0.3, -0.25) is 8.74 Å². The molecular weight excluding hydrogens is 304 g/mol. The van der Waals surface area contributed by atoms with E-state index in [0.29, 0.717) is 12.8 Å². The van der Waals surface area contributed by atoms with Crippen LogP contribution in [0.5, 0.6) is 0 Å². The largest absolute Gasteiger partial charge is 0.285 e. The maximum Gasteiger partial charge on any atom is 0.268 e. The summed E-state index contributed by atoms with van der Waals surface area (Å²) in [6, 6.07) is 0. The highest BCUT2D eigenvalue weighted by Gasteiger charge is 2.08. The van der Waals surface area contributed by atoms with Crippen molar-refractivity contribution in [2.24, 2.45) is 0 Å². The molecule has 0 bridgehead atoms. The Balaban J connectivity index is 0. The van der Waals surface area contributed by atoms with Gasteiger partial charge < -0.3 is 0 Å². The zero-order chi connectivity index (χ0) is 16.1. The molecule has 0 amide bonds. The Morgan fingerprint density at radius 3 is 2.30 bits per heavy atom. The van der Waals surface area contributed by atoms with E-state index in [9.17, 15) is 16.8 Å². The number of terminal acetylenes is 1. The van der Waals surface area contributed by atoms with E-state index in [2.05, 4.69) is 28.5 Å². The molecule has 6 nitrogen and oxygen atoms in total. The van der Waals surface area contributed by atoms with Gasteiger partial charge >= 0.3 is 0 Å². The summed E-state index contributed by atoms with van der Waals surface area (Å²) in [7, 11) is -7.22. The normalized spacial score (nSPS) is 10.2. The highest BCUT2D eigenvalue weighted by atomic mass is 32.2. The summed E-state index contributed by atoms with van der Waals surface area (Å²) < 4.78 is 53.9. The minimum atomic E-state index is -3.79. The minimum absolute atomic E-state index is 0.0391. The van der Waals surface area contributed by atoms with Gasteiger partial charge in [0.05, 0.1) is 11.5 Å². The summed E-state index contributed by atoms with van der Waals surface area (Å²) in [4.78, 5) is 0. The van der Waals surface area contributed by atoms with Gasteiger partial charge in [0, 0.05) is 6.42 Å². The lowest BCUT2D eigenvalue weighted by molar-refractivity contribution is 0.362. The third kappa shape index (κ3) is 19.0. The Morgan fingerprint density at radius 2 is 1.95 bits per heavy atom. The first-order valence-electron chi connectivity index (χ1n) is 5.44. The lowest BCUT2D eigenvalue weighted by Crippen LogP contribution is -2.10. The van der Waals surface area contributed by atoms with Crippen LogP contribution in [0.3, 0.4) is 0 Å². The van der Waals surface area contributed by atoms with Gasteiger partial charge in [-0.2, -0.15) is 16.8 Å². The Labute approximate surface area is 121 Å². The second kappa shape index (κ2) is 11.5. The molecule has 0 saturated heterocycles. The van der Waals surface area contributed by atoms with Crippen LogP contribution in [-0.4, -0.2) is 39.5 Å². The predicted molar refractivity (Wildman–Crippen MR) is 77.9 cm³/mol. The zero-order valence-electron chi connectivity index (χ0n) is 11.2. The lowest BCUT2D eigenvalue weighted by atomic mass is 10.4. The molecule has 0 saturated carbocycles. The van der Waals surface area contributed by atoms with E-state index in [1.165, 1.54) is 0 Å². The maximum atomic E-state index is 11.0. The van der Waals surface area contributed by atoms with Crippen LogP contribution in [-0.2, 0) is 24.4 Å². The van der Waals surface area contributed by atoms with Crippen molar-refractivity contribution in [3.63, 3.8) is 0 Å². The first-order valence-corrected chi connectivity index (χ1v) is 8.63. The number of rotatable bonds is 7. The summed E-state index contributed by atoms with van der Waals surface area (Å²) in [5.41, 5.74) is 0. The van der Waals surface area contributed by atoms with E-state index in [1.54, 1.807) is 6.92 Å². The van der Waals surface area contributed by atoms with Crippen molar-refractivity contribution in [1.82, 2.24) is 0 Å². The van der Waals surface area contributed by atoms with E-state index in [1.807, 2.05) is 0 Å². The molecule has 0 atom stereocenters. The summed E-state index contributed by atoms with van der Waals surface area (Å²) >= 11 is 0. The fraction of sp³-hybridized carbons (Fsp3) is 0.500. The van der Waals surface area contributed by atoms with Gasteiger partial charge in [-0.15, -0.1) is 24.8 Å². The SMILES string of the molecule is C#CCCCS(=O)(=O)OCC#CC.C=CCS(=O)(=O)O. The van der Waals surface area contributed by atoms with E-state index in [-0.39, 0.29) is 18.1 Å². The van der Waals surface area contributed by atoms with Crippen LogP contribution in [0.2, 0.25) is 0 Å². The fourth-order valence-electron chi connectivity index (χ4n) is 0.750. The number of unbranched alkanes of at least 4 members (excludes halogenated alkanes) is 1. The van der Waals surface area contributed by atoms with E-state index in [4.69, 9.17) is 11.0 Å². The Morgan fingerprint density at radius 1 is 1.35 bits per heavy atom. The molecule has 0 fully saturated rings. The maximum absolute atomic E-state index is 11.0. The van der Waals surface area contributed by atoms with Gasteiger partial charge in [-0.1, -0.05) is 12.0 Å². The summed E-state index contributed by atoms with van der Waals surface area (Å²) in [5, 5.41) is 0. The lowest BCUT2D eigenvalue weighted by Gasteiger charge is -1.99. The monoisotopic (exact) mass is 322 g/mol. The highest BCUT2D eigenvalue weighted by molar-refractivity contribution is 7.86. The fourth-order valence-corrected chi connectivity index (χ4v) is 1.90. The van der Waals surface area contributed by atoms with Crippen molar-refractivity contribution in [1.29, 1.82) is 0 Å². The average molecular weight is 322 g/mol. The smallest absolute Gasteiger partial charge is 0.268 e. The van der Waals surface area contributed by atoms with Crippen molar-refractivity contribution < 1.29 is 25.6 Å². The minimum Gasteiger partial charge on any atom is -0.285 e. The highest BCUT2D eigenvalue weighted by Crippen LogP contribution is 1.98. The molecule has 0 heterocycles. The van der Waals surface area contributed by atoms with Crippen LogP contribution in [0.1, 0.15) is 19.8 Å². The topological polar surface area (TPSA) is 97.7 Å². The Hall–Kier alpha value is -1.32. The summed E-state index contributed by atoms with van der Waals surface area (Å²) in [6.07, 6.45) is 6.97. The van der Waals surface area contributed by atoms with E-state index < -0.39 is 20.2 Å². The zero-order valence-corrected chi connectivity index (χ0v) is 12.8. The van der Waals surface area contributed by atoms with Gasteiger partial charge in [0.25, 0.3) is 20.2 Å². The Bertz CT molecular complexity index is 570. The molecule has 0 aromatic carbocycles. The van der Waals surface area contributed by atoms with Crippen molar-refractivity contribution in [3.05, 3.63) is 12.7 Å². The molecule has 114 valence electrons. The molecule has 0 aliphatic heterocycles. The molecular formula is C12H18O6S2. The van der Waals surface area contributed by atoms with E-state index in [0.717, 1.165) is 6.08 Å². The second-order valence-corrected chi connectivity index (χ2v) is 6.55. The molecule has 0 aliphatic rings. The average Bonchev–Trinajstić information content (AvgIpc) is 2.28. The molecule has 20 heavy (non-hydrogen) atoms. The van der Waals surface area contributed by atoms with E-state index >= 15 is 0 Å². The third-order valence-corrected chi connectivity index (χ3v) is 3.45. The molecule has 1 N–H and O–H groups in total. The van der Waals surface area contributed by atoms with Crippen molar-refractivity contribution in [3.8, 4) is 24.2 Å². The van der Waals surface area contributed by atoms with Crippen LogP contribution in [0.15, 0.2) is 12.7 Å². The first kappa shape index (κ1) is 21.0. The Kier molecular flexibility index (Phi) is 12.1. The van der Waals surface area contributed by atoms with Gasteiger partial charge in [-0.25, -0.2) is 0 Å². The van der Waals surface area contributed by atoms with Crippen molar-refractivity contribution in [2.75, 3.05) is 18.1 Å².